The van der Waals surface area contributed by atoms with Crippen molar-refractivity contribution in [2.75, 3.05) is 0 Å². The highest BCUT2D eigenvalue weighted by atomic mass is 16.5. The highest BCUT2D eigenvalue weighted by Gasteiger charge is 2.07. The predicted octanol–water partition coefficient (Wildman–Crippen LogP) is 2.14. The Bertz CT molecular complexity index is 308. The van der Waals surface area contributed by atoms with Crippen molar-refractivity contribution in [3.8, 4) is 0 Å². The first-order valence-corrected chi connectivity index (χ1v) is 5.41. The third kappa shape index (κ3) is 4.84. The maximum Gasteiger partial charge on any atom is 0.148 e. The fraction of sp³-hybridized carbons (Fsp3) is 0.385. The fourth-order valence-corrected chi connectivity index (χ4v) is 1.37. The van der Waals surface area contributed by atoms with Crippen LogP contribution in [0.4, 0.5) is 0 Å². The van der Waals surface area contributed by atoms with Crippen molar-refractivity contribution in [1.29, 1.82) is 0 Å². The van der Waals surface area contributed by atoms with Gasteiger partial charge in [0.05, 0.1) is 6.61 Å². The lowest BCUT2D eigenvalue weighted by atomic mass is 10.2. The van der Waals surface area contributed by atoms with Crippen LogP contribution in [0, 0.1) is 0 Å². The molecule has 0 saturated heterocycles. The van der Waals surface area contributed by atoms with Crippen molar-refractivity contribution >= 4 is 12.6 Å². The first kappa shape index (κ1) is 12.6. The second-order valence-electron chi connectivity index (χ2n) is 3.57. The highest BCUT2D eigenvalue weighted by molar-refractivity contribution is 5.56. The Kier molecular flexibility index (Phi) is 6.11. The number of benzene rings is 1. The molecular formula is C13H16O3. The Morgan fingerprint density at radius 2 is 1.94 bits per heavy atom. The van der Waals surface area contributed by atoms with Crippen molar-refractivity contribution in [3.05, 3.63) is 35.9 Å². The van der Waals surface area contributed by atoms with Gasteiger partial charge in [0, 0.05) is 6.42 Å². The van der Waals surface area contributed by atoms with Crippen LogP contribution in [0.25, 0.3) is 0 Å². The molecule has 16 heavy (non-hydrogen) atoms. The zero-order valence-corrected chi connectivity index (χ0v) is 9.17. The summed E-state index contributed by atoms with van der Waals surface area (Å²) in [5.74, 6) is 0. The number of hydrogen-bond acceptors (Lipinski definition) is 3. The molecule has 0 N–H and O–H groups in total. The van der Waals surface area contributed by atoms with E-state index in [0.29, 0.717) is 25.9 Å². The maximum atomic E-state index is 10.7. The van der Waals surface area contributed by atoms with Crippen LogP contribution < -0.4 is 0 Å². The zero-order chi connectivity index (χ0) is 11.6. The number of hydrogen-bond donors (Lipinski definition) is 0. The Morgan fingerprint density at radius 1 is 1.19 bits per heavy atom. The largest absolute Gasteiger partial charge is 0.366 e. The van der Waals surface area contributed by atoms with E-state index in [9.17, 15) is 9.59 Å². The van der Waals surface area contributed by atoms with Gasteiger partial charge in [-0.3, -0.25) is 0 Å². The smallest absolute Gasteiger partial charge is 0.148 e. The number of aldehydes is 2. The van der Waals surface area contributed by atoms with Crippen LogP contribution in [-0.4, -0.2) is 18.7 Å². The van der Waals surface area contributed by atoms with Gasteiger partial charge in [-0.1, -0.05) is 30.3 Å². The normalized spacial score (nSPS) is 12.0. The van der Waals surface area contributed by atoms with E-state index < -0.39 is 6.10 Å². The molecule has 1 rings (SSSR count). The summed E-state index contributed by atoms with van der Waals surface area (Å²) in [6, 6.07) is 9.70. The fourth-order valence-electron chi connectivity index (χ4n) is 1.37. The highest BCUT2D eigenvalue weighted by Crippen LogP contribution is 2.07. The molecule has 0 heterocycles. The minimum atomic E-state index is -0.403. The first-order chi connectivity index (χ1) is 7.86. The van der Waals surface area contributed by atoms with E-state index >= 15 is 0 Å². The van der Waals surface area contributed by atoms with E-state index in [0.717, 1.165) is 18.1 Å². The topological polar surface area (TPSA) is 43.4 Å². The Balaban J connectivity index is 2.28. The molecule has 3 heteroatoms. The van der Waals surface area contributed by atoms with Gasteiger partial charge in [-0.15, -0.1) is 0 Å². The molecule has 1 unspecified atom stereocenters. The van der Waals surface area contributed by atoms with Crippen molar-refractivity contribution in [3.63, 3.8) is 0 Å². The second-order valence-corrected chi connectivity index (χ2v) is 3.57. The molecule has 0 radical (unpaired) electrons. The second kappa shape index (κ2) is 7.77. The quantitative estimate of drug-likeness (QED) is 0.498. The summed E-state index contributed by atoms with van der Waals surface area (Å²) in [5.41, 5.74) is 1.05. The van der Waals surface area contributed by atoms with Gasteiger partial charge in [-0.25, -0.2) is 0 Å². The number of unbranched alkanes of at least 4 members (excludes halogenated alkanes) is 1. The van der Waals surface area contributed by atoms with E-state index in [1.54, 1.807) is 0 Å². The molecule has 0 aliphatic rings. The van der Waals surface area contributed by atoms with Gasteiger partial charge in [0.15, 0.2) is 0 Å². The summed E-state index contributed by atoms with van der Waals surface area (Å²) >= 11 is 0. The Hall–Kier alpha value is -1.48. The van der Waals surface area contributed by atoms with E-state index in [-0.39, 0.29) is 0 Å². The first-order valence-electron chi connectivity index (χ1n) is 5.41. The minimum absolute atomic E-state index is 0.403. The van der Waals surface area contributed by atoms with Crippen LogP contribution in [0.5, 0.6) is 0 Å². The molecule has 0 aliphatic carbocycles. The molecule has 1 atom stereocenters. The average molecular weight is 220 g/mol. The zero-order valence-electron chi connectivity index (χ0n) is 9.17. The van der Waals surface area contributed by atoms with Crippen molar-refractivity contribution < 1.29 is 14.3 Å². The summed E-state index contributed by atoms with van der Waals surface area (Å²) in [6.45, 7) is 0.436. The number of rotatable bonds is 8. The third-order valence-electron chi connectivity index (χ3n) is 2.27. The molecule has 3 nitrogen and oxygen atoms in total. The van der Waals surface area contributed by atoms with E-state index in [2.05, 4.69) is 0 Å². The summed E-state index contributed by atoms with van der Waals surface area (Å²) in [5, 5.41) is 0. The Morgan fingerprint density at radius 3 is 2.56 bits per heavy atom. The molecule has 86 valence electrons. The van der Waals surface area contributed by atoms with Crippen molar-refractivity contribution in [1.82, 2.24) is 0 Å². The number of ether oxygens (including phenoxy) is 1. The summed E-state index contributed by atoms with van der Waals surface area (Å²) in [7, 11) is 0. The van der Waals surface area contributed by atoms with Gasteiger partial charge >= 0.3 is 0 Å². The lowest BCUT2D eigenvalue weighted by molar-refractivity contribution is -0.119. The van der Waals surface area contributed by atoms with Gasteiger partial charge < -0.3 is 14.3 Å². The number of carbonyl (C=O) groups is 2. The monoisotopic (exact) mass is 220 g/mol. The molecule has 0 spiro atoms. The van der Waals surface area contributed by atoms with E-state index in [1.807, 2.05) is 30.3 Å². The van der Waals surface area contributed by atoms with Crippen molar-refractivity contribution in [2.24, 2.45) is 0 Å². The van der Waals surface area contributed by atoms with Gasteiger partial charge in [-0.05, 0) is 18.4 Å². The molecule has 0 aliphatic heterocycles. The lowest BCUT2D eigenvalue weighted by Crippen LogP contribution is -2.14. The standard InChI is InChI=1S/C13H16O3/c14-9-5-4-8-13(10-15)16-11-12-6-2-1-3-7-12/h1-3,6-7,9-10,13H,4-5,8,11H2. The van der Waals surface area contributed by atoms with Gasteiger partial charge in [0.2, 0.25) is 0 Å². The van der Waals surface area contributed by atoms with Gasteiger partial charge in [0.1, 0.15) is 18.7 Å². The van der Waals surface area contributed by atoms with E-state index in [1.165, 1.54) is 0 Å². The van der Waals surface area contributed by atoms with Crippen LogP contribution in [-0.2, 0) is 20.9 Å². The van der Waals surface area contributed by atoms with Crippen LogP contribution in [0.2, 0.25) is 0 Å². The molecule has 0 bridgehead atoms. The average Bonchev–Trinajstić information content (AvgIpc) is 2.35. The molecule has 0 saturated carbocycles. The van der Waals surface area contributed by atoms with Gasteiger partial charge in [0.25, 0.3) is 0 Å². The van der Waals surface area contributed by atoms with E-state index in [4.69, 9.17) is 4.74 Å². The predicted molar refractivity (Wildman–Crippen MR) is 61.0 cm³/mol. The van der Waals surface area contributed by atoms with Gasteiger partial charge in [-0.2, -0.15) is 0 Å². The van der Waals surface area contributed by atoms with Crippen LogP contribution in [0.1, 0.15) is 24.8 Å². The molecule has 1 aromatic carbocycles. The number of carbonyl (C=O) groups excluding carboxylic acids is 2. The van der Waals surface area contributed by atoms with Crippen molar-refractivity contribution in [2.45, 2.75) is 32.0 Å². The third-order valence-corrected chi connectivity index (χ3v) is 2.27. The molecule has 0 fully saturated rings. The molecule has 1 aromatic rings. The van der Waals surface area contributed by atoms with Crippen LogP contribution >= 0.6 is 0 Å². The minimum Gasteiger partial charge on any atom is -0.366 e. The molecule has 0 aromatic heterocycles. The summed E-state index contributed by atoms with van der Waals surface area (Å²) in [4.78, 5) is 20.8. The van der Waals surface area contributed by atoms with Crippen LogP contribution in [0.3, 0.4) is 0 Å². The maximum absolute atomic E-state index is 10.7. The molecule has 0 amide bonds. The lowest BCUT2D eigenvalue weighted by Gasteiger charge is -2.10. The Labute approximate surface area is 95.4 Å². The summed E-state index contributed by atoms with van der Waals surface area (Å²) in [6.07, 6.45) is 3.04. The molecular weight excluding hydrogens is 204 g/mol. The SMILES string of the molecule is O=CCCCC(C=O)OCc1ccccc1. The summed E-state index contributed by atoms with van der Waals surface area (Å²) < 4.78 is 5.44. The van der Waals surface area contributed by atoms with Crippen LogP contribution in [0.15, 0.2) is 30.3 Å².